The molecule has 0 aromatic heterocycles. The Balaban J connectivity index is 1.98. The molecule has 5 nitrogen and oxygen atoms in total. The van der Waals surface area contributed by atoms with Crippen LogP contribution >= 0.6 is 38.5 Å². The van der Waals surface area contributed by atoms with Gasteiger partial charge in [-0.25, -0.2) is 9.79 Å². The van der Waals surface area contributed by atoms with E-state index in [-0.39, 0.29) is 11.6 Å². The summed E-state index contributed by atoms with van der Waals surface area (Å²) < 4.78 is 18.5. The van der Waals surface area contributed by atoms with E-state index in [0.29, 0.717) is 23.7 Å². The number of ether oxygens (including phenoxy) is 3. The number of esters is 1. The number of cyclic esters (lactones) is 1. The predicted octanol–water partition coefficient (Wildman–Crippen LogP) is 5.20. The zero-order valence-electron chi connectivity index (χ0n) is 14.8. The second-order valence-electron chi connectivity index (χ2n) is 5.69. The van der Waals surface area contributed by atoms with Crippen molar-refractivity contribution in [2.24, 2.45) is 4.99 Å². The number of hydrogen-bond donors (Lipinski definition) is 0. The first-order valence-electron chi connectivity index (χ1n) is 8.31. The summed E-state index contributed by atoms with van der Waals surface area (Å²) in [4.78, 5) is 16.7. The third-order valence-corrected chi connectivity index (χ3v) is 6.10. The maximum absolute atomic E-state index is 12.3. The van der Waals surface area contributed by atoms with Crippen molar-refractivity contribution < 1.29 is 19.0 Å². The molecule has 0 atom stereocenters. The molecule has 7 heteroatoms. The van der Waals surface area contributed by atoms with E-state index in [2.05, 4.69) is 43.5 Å². The van der Waals surface area contributed by atoms with E-state index in [1.807, 2.05) is 43.3 Å². The van der Waals surface area contributed by atoms with Crippen molar-refractivity contribution in [2.45, 2.75) is 13.3 Å². The van der Waals surface area contributed by atoms with Crippen LogP contribution in [0.2, 0.25) is 0 Å². The molecule has 1 aliphatic heterocycles. The monoisotopic (exact) mass is 541 g/mol. The van der Waals surface area contributed by atoms with Gasteiger partial charge in [-0.2, -0.15) is 0 Å². The lowest BCUT2D eigenvalue weighted by atomic mass is 10.1. The molecular formula is C20H17BrINO4. The van der Waals surface area contributed by atoms with Crippen molar-refractivity contribution >= 4 is 56.5 Å². The number of carbonyl (C=O) groups excluding carboxylic acids is 1. The molecule has 0 bridgehead atoms. The highest BCUT2D eigenvalue weighted by molar-refractivity contribution is 14.1. The van der Waals surface area contributed by atoms with Crippen LogP contribution in [0.4, 0.5) is 0 Å². The molecular weight excluding hydrogens is 525 g/mol. The highest BCUT2D eigenvalue weighted by atomic mass is 127. The fourth-order valence-electron chi connectivity index (χ4n) is 2.47. The van der Waals surface area contributed by atoms with Gasteiger partial charge in [-0.3, -0.25) is 0 Å². The Labute approximate surface area is 179 Å². The maximum Gasteiger partial charge on any atom is 0.363 e. The van der Waals surface area contributed by atoms with Gasteiger partial charge in [0, 0.05) is 19.2 Å². The zero-order valence-corrected chi connectivity index (χ0v) is 18.5. The fourth-order valence-corrected chi connectivity index (χ4v) is 3.19. The molecule has 0 radical (unpaired) electrons. The van der Waals surface area contributed by atoms with Gasteiger partial charge in [0.05, 0.1) is 13.7 Å². The number of carbonyl (C=O) groups is 1. The van der Waals surface area contributed by atoms with Gasteiger partial charge in [-0.05, 0) is 75.3 Å². The molecule has 0 amide bonds. The summed E-state index contributed by atoms with van der Waals surface area (Å²) in [5.41, 5.74) is 1.66. The molecule has 3 rings (SSSR count). The Bertz CT molecular complexity index is 940. The number of benzene rings is 2. The van der Waals surface area contributed by atoms with Crippen LogP contribution in [0.5, 0.6) is 11.5 Å². The highest BCUT2D eigenvalue weighted by Gasteiger charge is 2.25. The molecule has 0 spiro atoms. The van der Waals surface area contributed by atoms with Crippen LogP contribution in [-0.2, 0) is 9.53 Å². The number of methoxy groups -OCH3 is 1. The molecule has 1 aliphatic rings. The largest absolute Gasteiger partial charge is 0.493 e. The van der Waals surface area contributed by atoms with Crippen molar-refractivity contribution in [2.75, 3.05) is 13.7 Å². The Hall–Kier alpha value is -1.87. The number of nitrogens with zero attached hydrogens (tertiary/aromatic N) is 1. The van der Waals surface area contributed by atoms with Crippen molar-refractivity contribution in [3.63, 3.8) is 0 Å². The SMILES string of the molecule is CCCOc1c(/C=C2\N=C(c3ccc(I)c(Br)c3)OC2=O)cccc1OC. The number of hydrogen-bond acceptors (Lipinski definition) is 5. The van der Waals surface area contributed by atoms with Crippen LogP contribution in [0.25, 0.3) is 6.08 Å². The summed E-state index contributed by atoms with van der Waals surface area (Å²) in [5, 5.41) is 0. The maximum atomic E-state index is 12.3. The minimum absolute atomic E-state index is 0.217. The normalized spacial score (nSPS) is 14.9. The van der Waals surface area contributed by atoms with Crippen molar-refractivity contribution in [3.05, 3.63) is 61.3 Å². The Morgan fingerprint density at radius 3 is 2.81 bits per heavy atom. The summed E-state index contributed by atoms with van der Waals surface area (Å²) in [7, 11) is 1.58. The minimum Gasteiger partial charge on any atom is -0.493 e. The molecule has 0 saturated heterocycles. The first kappa shape index (κ1) is 19.9. The van der Waals surface area contributed by atoms with Gasteiger partial charge in [0.25, 0.3) is 0 Å². The van der Waals surface area contributed by atoms with Gasteiger partial charge < -0.3 is 14.2 Å². The summed E-state index contributed by atoms with van der Waals surface area (Å²) in [5.74, 6) is 0.976. The number of para-hydroxylation sites is 1. The van der Waals surface area contributed by atoms with E-state index in [0.717, 1.165) is 20.0 Å². The van der Waals surface area contributed by atoms with Gasteiger partial charge in [-0.15, -0.1) is 0 Å². The minimum atomic E-state index is -0.496. The van der Waals surface area contributed by atoms with E-state index in [1.54, 1.807) is 13.2 Å². The first-order valence-corrected chi connectivity index (χ1v) is 10.2. The molecule has 140 valence electrons. The Morgan fingerprint density at radius 2 is 2.11 bits per heavy atom. The van der Waals surface area contributed by atoms with Crippen LogP contribution in [0.15, 0.2) is 51.6 Å². The van der Waals surface area contributed by atoms with Gasteiger partial charge in [0.2, 0.25) is 5.90 Å². The number of halogens is 2. The Morgan fingerprint density at radius 1 is 1.30 bits per heavy atom. The third-order valence-electron chi connectivity index (χ3n) is 3.76. The molecule has 27 heavy (non-hydrogen) atoms. The van der Waals surface area contributed by atoms with E-state index in [1.165, 1.54) is 0 Å². The lowest BCUT2D eigenvalue weighted by Gasteiger charge is -2.12. The molecule has 0 saturated carbocycles. The summed E-state index contributed by atoms with van der Waals surface area (Å²) >= 11 is 5.70. The second kappa shape index (κ2) is 8.88. The van der Waals surface area contributed by atoms with E-state index in [4.69, 9.17) is 14.2 Å². The fraction of sp³-hybridized carbons (Fsp3) is 0.200. The standard InChI is InChI=1S/C20H17BrINO4/c1-3-9-26-18-12(5-4-6-17(18)25-2)11-16-20(24)27-19(23-16)13-7-8-15(22)14(21)10-13/h4-8,10-11H,3,9H2,1-2H3/b16-11-. The smallest absolute Gasteiger partial charge is 0.363 e. The highest BCUT2D eigenvalue weighted by Crippen LogP contribution is 2.34. The van der Waals surface area contributed by atoms with Crippen LogP contribution in [0, 0.1) is 3.57 Å². The number of rotatable bonds is 6. The molecule has 0 N–H and O–H groups in total. The van der Waals surface area contributed by atoms with Crippen LogP contribution in [0.1, 0.15) is 24.5 Å². The second-order valence-corrected chi connectivity index (χ2v) is 7.71. The Kier molecular flexibility index (Phi) is 6.54. The number of aliphatic imine (C=N–C) groups is 1. The average molecular weight is 542 g/mol. The van der Waals surface area contributed by atoms with Crippen LogP contribution < -0.4 is 9.47 Å². The summed E-state index contributed by atoms with van der Waals surface area (Å²) in [6.45, 7) is 2.57. The molecule has 2 aromatic carbocycles. The van der Waals surface area contributed by atoms with Crippen LogP contribution in [-0.4, -0.2) is 25.6 Å². The third kappa shape index (κ3) is 4.52. The lowest BCUT2D eigenvalue weighted by Crippen LogP contribution is -2.05. The van der Waals surface area contributed by atoms with Gasteiger partial charge >= 0.3 is 5.97 Å². The lowest BCUT2D eigenvalue weighted by molar-refractivity contribution is -0.129. The van der Waals surface area contributed by atoms with E-state index >= 15 is 0 Å². The summed E-state index contributed by atoms with van der Waals surface area (Å²) in [6, 6.07) is 11.2. The molecule has 0 fully saturated rings. The zero-order chi connectivity index (χ0) is 19.4. The van der Waals surface area contributed by atoms with Crippen molar-refractivity contribution in [1.82, 2.24) is 0 Å². The van der Waals surface area contributed by atoms with Crippen LogP contribution in [0.3, 0.4) is 0 Å². The van der Waals surface area contributed by atoms with E-state index in [9.17, 15) is 4.79 Å². The van der Waals surface area contributed by atoms with Crippen molar-refractivity contribution in [1.29, 1.82) is 0 Å². The molecule has 0 aliphatic carbocycles. The van der Waals surface area contributed by atoms with Gasteiger partial charge in [0.15, 0.2) is 17.2 Å². The predicted molar refractivity (Wildman–Crippen MR) is 116 cm³/mol. The average Bonchev–Trinajstić information content (AvgIpc) is 3.03. The first-order chi connectivity index (χ1) is 13.0. The molecule has 1 heterocycles. The summed E-state index contributed by atoms with van der Waals surface area (Å²) in [6.07, 6.45) is 2.52. The van der Waals surface area contributed by atoms with Gasteiger partial charge in [0.1, 0.15) is 0 Å². The van der Waals surface area contributed by atoms with Crippen molar-refractivity contribution in [3.8, 4) is 11.5 Å². The van der Waals surface area contributed by atoms with E-state index < -0.39 is 5.97 Å². The molecule has 2 aromatic rings. The topological polar surface area (TPSA) is 57.1 Å². The molecule has 0 unspecified atom stereocenters. The van der Waals surface area contributed by atoms with Gasteiger partial charge in [-0.1, -0.05) is 19.1 Å². The quantitative estimate of drug-likeness (QED) is 0.287.